The lowest BCUT2D eigenvalue weighted by molar-refractivity contribution is -0.133. The molecule has 1 aromatic carbocycles. The standard InChI is InChI=1S/C14H19NO6/c1-15(8-3-5-9(20-2)6-4-8)14(19)13-12(18)11(17)10(7-16)21-13/h3-6,10-13,16-18H,7H2,1-2H3/t10-,11-,12-,13-/m1/s1. The number of hydrogen-bond acceptors (Lipinski definition) is 6. The summed E-state index contributed by atoms with van der Waals surface area (Å²) in [6, 6.07) is 6.79. The second kappa shape index (κ2) is 6.40. The van der Waals surface area contributed by atoms with E-state index in [1.54, 1.807) is 38.4 Å². The first-order chi connectivity index (χ1) is 9.99. The van der Waals surface area contributed by atoms with Gasteiger partial charge in [0.1, 0.15) is 24.1 Å². The first kappa shape index (κ1) is 15.7. The molecule has 3 N–H and O–H groups in total. The maximum absolute atomic E-state index is 12.3. The number of ether oxygens (including phenoxy) is 2. The summed E-state index contributed by atoms with van der Waals surface area (Å²) < 4.78 is 10.3. The van der Waals surface area contributed by atoms with E-state index >= 15 is 0 Å². The Bertz CT molecular complexity index is 491. The number of methoxy groups -OCH3 is 1. The molecular weight excluding hydrogens is 278 g/mol. The van der Waals surface area contributed by atoms with Crippen molar-refractivity contribution in [2.75, 3.05) is 25.7 Å². The number of hydrogen-bond donors (Lipinski definition) is 3. The lowest BCUT2D eigenvalue weighted by Gasteiger charge is -2.22. The summed E-state index contributed by atoms with van der Waals surface area (Å²) in [6.45, 7) is -0.464. The molecule has 0 unspecified atom stereocenters. The van der Waals surface area contributed by atoms with Crippen LogP contribution in [0.5, 0.6) is 5.75 Å². The molecule has 21 heavy (non-hydrogen) atoms. The summed E-state index contributed by atoms with van der Waals surface area (Å²) >= 11 is 0. The Balaban J connectivity index is 2.11. The number of amides is 1. The van der Waals surface area contributed by atoms with Gasteiger partial charge in [0.2, 0.25) is 0 Å². The molecular formula is C14H19NO6. The van der Waals surface area contributed by atoms with Crippen molar-refractivity contribution in [3.8, 4) is 5.75 Å². The molecule has 4 atom stereocenters. The molecule has 116 valence electrons. The fourth-order valence-corrected chi connectivity index (χ4v) is 2.23. The molecule has 0 aliphatic carbocycles. The van der Waals surface area contributed by atoms with Crippen LogP contribution in [0.15, 0.2) is 24.3 Å². The number of likely N-dealkylation sites (N-methyl/N-ethyl adjacent to an activating group) is 1. The van der Waals surface area contributed by atoms with Gasteiger partial charge in [-0.3, -0.25) is 4.79 Å². The molecule has 7 heteroatoms. The van der Waals surface area contributed by atoms with Crippen molar-refractivity contribution < 1.29 is 29.6 Å². The van der Waals surface area contributed by atoms with Gasteiger partial charge in [0.25, 0.3) is 5.91 Å². The van der Waals surface area contributed by atoms with Crippen molar-refractivity contribution in [2.24, 2.45) is 0 Å². The van der Waals surface area contributed by atoms with Crippen molar-refractivity contribution >= 4 is 11.6 Å². The summed E-state index contributed by atoms with van der Waals surface area (Å²) in [5.41, 5.74) is 0.596. The number of benzene rings is 1. The van der Waals surface area contributed by atoms with Crippen LogP contribution < -0.4 is 9.64 Å². The van der Waals surface area contributed by atoms with E-state index in [2.05, 4.69) is 0 Å². The number of aliphatic hydroxyl groups is 3. The topological polar surface area (TPSA) is 99.5 Å². The summed E-state index contributed by atoms with van der Waals surface area (Å²) in [5, 5.41) is 28.6. The number of carbonyl (C=O) groups is 1. The molecule has 1 aliphatic heterocycles. The molecule has 7 nitrogen and oxygen atoms in total. The first-order valence-corrected chi connectivity index (χ1v) is 6.53. The average Bonchev–Trinajstić information content (AvgIpc) is 2.81. The quantitative estimate of drug-likeness (QED) is 0.669. The second-order valence-corrected chi connectivity index (χ2v) is 4.85. The zero-order valence-corrected chi connectivity index (χ0v) is 11.8. The van der Waals surface area contributed by atoms with Crippen LogP contribution in [-0.4, -0.2) is 66.4 Å². The van der Waals surface area contributed by atoms with Gasteiger partial charge < -0.3 is 29.7 Å². The molecule has 1 fully saturated rings. The summed E-state index contributed by atoms with van der Waals surface area (Å²) in [7, 11) is 3.09. The molecule has 1 aliphatic rings. The zero-order valence-electron chi connectivity index (χ0n) is 11.8. The van der Waals surface area contributed by atoms with E-state index in [1.807, 2.05) is 0 Å². The van der Waals surface area contributed by atoms with Crippen LogP contribution in [0.25, 0.3) is 0 Å². The predicted molar refractivity (Wildman–Crippen MR) is 74.2 cm³/mol. The fraction of sp³-hybridized carbons (Fsp3) is 0.500. The molecule has 1 amide bonds. The Labute approximate surface area is 122 Å². The Morgan fingerprint density at radius 2 is 1.90 bits per heavy atom. The van der Waals surface area contributed by atoms with E-state index in [4.69, 9.17) is 14.6 Å². The molecule has 1 saturated heterocycles. The third-order valence-corrected chi connectivity index (χ3v) is 3.58. The maximum atomic E-state index is 12.3. The van der Waals surface area contributed by atoms with Crippen LogP contribution in [0, 0.1) is 0 Å². The highest BCUT2D eigenvalue weighted by atomic mass is 16.6. The lowest BCUT2D eigenvalue weighted by atomic mass is 10.1. The van der Waals surface area contributed by atoms with E-state index in [0.29, 0.717) is 11.4 Å². The van der Waals surface area contributed by atoms with E-state index in [1.165, 1.54) is 4.90 Å². The molecule has 0 saturated carbocycles. The Morgan fingerprint density at radius 3 is 2.38 bits per heavy atom. The molecule has 0 spiro atoms. The molecule has 0 bridgehead atoms. The highest BCUT2D eigenvalue weighted by Crippen LogP contribution is 2.25. The van der Waals surface area contributed by atoms with Crippen LogP contribution in [0.3, 0.4) is 0 Å². The van der Waals surface area contributed by atoms with Crippen molar-refractivity contribution in [1.82, 2.24) is 0 Å². The summed E-state index contributed by atoms with van der Waals surface area (Å²) in [4.78, 5) is 13.7. The highest BCUT2D eigenvalue weighted by Gasteiger charge is 2.46. The van der Waals surface area contributed by atoms with Crippen molar-refractivity contribution in [3.05, 3.63) is 24.3 Å². The van der Waals surface area contributed by atoms with Crippen molar-refractivity contribution in [1.29, 1.82) is 0 Å². The number of carbonyl (C=O) groups excluding carboxylic acids is 1. The molecule has 1 heterocycles. The minimum atomic E-state index is -1.37. The number of rotatable bonds is 4. The summed E-state index contributed by atoms with van der Waals surface area (Å²) in [5.74, 6) is 0.162. The lowest BCUT2D eigenvalue weighted by Crippen LogP contribution is -2.43. The van der Waals surface area contributed by atoms with Crippen LogP contribution in [0.1, 0.15) is 0 Å². The van der Waals surface area contributed by atoms with Gasteiger partial charge in [-0.15, -0.1) is 0 Å². The fourth-order valence-electron chi connectivity index (χ4n) is 2.23. The van der Waals surface area contributed by atoms with Crippen LogP contribution in [0.4, 0.5) is 5.69 Å². The van der Waals surface area contributed by atoms with Crippen molar-refractivity contribution in [3.63, 3.8) is 0 Å². The second-order valence-electron chi connectivity index (χ2n) is 4.85. The predicted octanol–water partition coefficient (Wildman–Crippen LogP) is -0.861. The van der Waals surface area contributed by atoms with E-state index < -0.39 is 36.9 Å². The third-order valence-electron chi connectivity index (χ3n) is 3.58. The molecule has 0 aromatic heterocycles. The van der Waals surface area contributed by atoms with Crippen LogP contribution >= 0.6 is 0 Å². The van der Waals surface area contributed by atoms with Gasteiger partial charge in [-0.05, 0) is 24.3 Å². The SMILES string of the molecule is COc1ccc(N(C)C(=O)[C@@H]2O[C@H](CO)[C@@H](O)[C@H]2O)cc1. The van der Waals surface area contributed by atoms with Crippen LogP contribution in [-0.2, 0) is 9.53 Å². The first-order valence-electron chi connectivity index (χ1n) is 6.53. The van der Waals surface area contributed by atoms with Gasteiger partial charge in [-0.2, -0.15) is 0 Å². The number of anilines is 1. The monoisotopic (exact) mass is 297 g/mol. The normalized spacial score (nSPS) is 28.4. The highest BCUT2D eigenvalue weighted by molar-refractivity contribution is 5.96. The van der Waals surface area contributed by atoms with E-state index in [-0.39, 0.29) is 0 Å². The minimum Gasteiger partial charge on any atom is -0.497 e. The van der Waals surface area contributed by atoms with Gasteiger partial charge in [-0.1, -0.05) is 0 Å². The van der Waals surface area contributed by atoms with Gasteiger partial charge >= 0.3 is 0 Å². The van der Waals surface area contributed by atoms with Gasteiger partial charge in [0.05, 0.1) is 13.7 Å². The molecule has 2 rings (SSSR count). The zero-order chi connectivity index (χ0) is 15.6. The maximum Gasteiger partial charge on any atom is 0.258 e. The molecule has 1 aromatic rings. The van der Waals surface area contributed by atoms with E-state index in [9.17, 15) is 15.0 Å². The smallest absolute Gasteiger partial charge is 0.258 e. The Kier molecular flexibility index (Phi) is 4.79. The Morgan fingerprint density at radius 1 is 1.29 bits per heavy atom. The average molecular weight is 297 g/mol. The van der Waals surface area contributed by atoms with Crippen molar-refractivity contribution in [2.45, 2.75) is 24.4 Å². The summed E-state index contributed by atoms with van der Waals surface area (Å²) in [6.07, 6.45) is -4.81. The van der Waals surface area contributed by atoms with Crippen LogP contribution in [0.2, 0.25) is 0 Å². The third kappa shape index (κ3) is 3.01. The molecule has 0 radical (unpaired) electrons. The van der Waals surface area contributed by atoms with Gasteiger partial charge in [-0.25, -0.2) is 0 Å². The van der Waals surface area contributed by atoms with E-state index in [0.717, 1.165) is 0 Å². The van der Waals surface area contributed by atoms with Gasteiger partial charge in [0, 0.05) is 12.7 Å². The number of nitrogens with zero attached hydrogens (tertiary/aromatic N) is 1. The Hall–Kier alpha value is -1.67. The van der Waals surface area contributed by atoms with Gasteiger partial charge in [0.15, 0.2) is 6.10 Å². The minimum absolute atomic E-state index is 0.464. The number of aliphatic hydroxyl groups excluding tert-OH is 3. The largest absolute Gasteiger partial charge is 0.497 e.